The standard InChI is InChI=1S/C28H36N2O7/c1-4-6-8-10-12-29(13-11-9-7-5-2)28(31)36-19(3)20-14-21-22-15-26-27(35-18-34-26)17-25(22)37-24(21)16-23(20)30(32)33/h14-17,19H,4-13,18H2,1-3H3. The number of benzene rings is 2. The van der Waals surface area contributed by atoms with Gasteiger partial charge in [-0.25, -0.2) is 4.79 Å². The van der Waals surface area contributed by atoms with Gasteiger partial charge in [-0.3, -0.25) is 10.1 Å². The van der Waals surface area contributed by atoms with E-state index in [9.17, 15) is 14.9 Å². The minimum atomic E-state index is -0.815. The maximum absolute atomic E-state index is 13.2. The fourth-order valence-electron chi connectivity index (χ4n) is 4.74. The molecule has 37 heavy (non-hydrogen) atoms. The summed E-state index contributed by atoms with van der Waals surface area (Å²) in [6.07, 6.45) is 7.17. The molecule has 9 heteroatoms. The number of furan rings is 1. The van der Waals surface area contributed by atoms with Crippen molar-refractivity contribution < 1.29 is 28.3 Å². The fraction of sp³-hybridized carbons (Fsp3) is 0.536. The molecule has 3 aromatic rings. The molecule has 200 valence electrons. The van der Waals surface area contributed by atoms with E-state index in [-0.39, 0.29) is 12.5 Å². The van der Waals surface area contributed by atoms with E-state index >= 15 is 0 Å². The Morgan fingerprint density at radius 1 is 0.946 bits per heavy atom. The zero-order valence-electron chi connectivity index (χ0n) is 21.9. The molecule has 1 unspecified atom stereocenters. The van der Waals surface area contributed by atoms with Crippen molar-refractivity contribution in [3.8, 4) is 11.5 Å². The van der Waals surface area contributed by atoms with Crippen LogP contribution in [-0.2, 0) is 4.74 Å². The number of carbonyl (C=O) groups excluding carboxylic acids is 1. The average molecular weight is 513 g/mol. The second-order valence-corrected chi connectivity index (χ2v) is 9.60. The lowest BCUT2D eigenvalue weighted by atomic mass is 10.0. The van der Waals surface area contributed by atoms with Crippen molar-refractivity contribution in [3.05, 3.63) is 39.9 Å². The number of hydrogen-bond donors (Lipinski definition) is 0. The maximum Gasteiger partial charge on any atom is 0.410 e. The highest BCUT2D eigenvalue weighted by atomic mass is 16.7. The van der Waals surface area contributed by atoms with E-state index in [1.54, 1.807) is 24.0 Å². The van der Waals surface area contributed by atoms with Gasteiger partial charge in [0.2, 0.25) is 6.79 Å². The van der Waals surface area contributed by atoms with Crippen LogP contribution in [0.25, 0.3) is 21.9 Å². The van der Waals surface area contributed by atoms with Gasteiger partial charge < -0.3 is 23.5 Å². The van der Waals surface area contributed by atoms with Gasteiger partial charge in [-0.05, 0) is 31.9 Å². The third kappa shape index (κ3) is 6.09. The van der Waals surface area contributed by atoms with Crippen LogP contribution in [0.3, 0.4) is 0 Å². The number of hydrogen-bond acceptors (Lipinski definition) is 7. The minimum Gasteiger partial charge on any atom is -0.456 e. The summed E-state index contributed by atoms with van der Waals surface area (Å²) in [5.41, 5.74) is 1.09. The SMILES string of the molecule is CCCCCCN(CCCCCC)C(=O)OC(C)c1cc2c(cc1[N+](=O)[O-])oc1cc3c(cc12)OCO3. The molecule has 0 radical (unpaired) electrons. The lowest BCUT2D eigenvalue weighted by Gasteiger charge is -2.24. The Bertz CT molecular complexity index is 1240. The van der Waals surface area contributed by atoms with Crippen LogP contribution in [0, 0.1) is 10.1 Å². The number of unbranched alkanes of at least 4 members (excludes halogenated alkanes) is 6. The van der Waals surface area contributed by atoms with Gasteiger partial charge in [0.25, 0.3) is 5.69 Å². The molecule has 1 aliphatic heterocycles. The molecule has 1 aliphatic rings. The Morgan fingerprint density at radius 2 is 1.54 bits per heavy atom. The Morgan fingerprint density at radius 3 is 2.16 bits per heavy atom. The summed E-state index contributed by atoms with van der Waals surface area (Å²) < 4.78 is 22.6. The van der Waals surface area contributed by atoms with E-state index in [0.29, 0.717) is 46.7 Å². The van der Waals surface area contributed by atoms with E-state index < -0.39 is 17.1 Å². The number of ether oxygens (including phenoxy) is 3. The van der Waals surface area contributed by atoms with Crippen LogP contribution in [0.15, 0.2) is 28.7 Å². The number of fused-ring (bicyclic) bond motifs is 4. The summed E-state index contributed by atoms with van der Waals surface area (Å²) in [7, 11) is 0. The summed E-state index contributed by atoms with van der Waals surface area (Å²) >= 11 is 0. The first-order valence-corrected chi connectivity index (χ1v) is 13.3. The molecule has 4 rings (SSSR count). The molecule has 0 aliphatic carbocycles. The molecular weight excluding hydrogens is 476 g/mol. The van der Waals surface area contributed by atoms with Crippen LogP contribution in [0.4, 0.5) is 10.5 Å². The van der Waals surface area contributed by atoms with Gasteiger partial charge in [-0.1, -0.05) is 52.4 Å². The predicted octanol–water partition coefficient (Wildman–Crippen LogP) is 7.88. The number of nitro groups is 1. The maximum atomic E-state index is 13.2. The Labute approximate surface area is 216 Å². The molecule has 0 spiro atoms. The van der Waals surface area contributed by atoms with E-state index in [1.165, 1.54) is 6.07 Å². The summed E-state index contributed by atoms with van der Waals surface area (Å²) in [6, 6.07) is 6.62. The molecule has 0 saturated carbocycles. The van der Waals surface area contributed by atoms with Gasteiger partial charge in [0, 0.05) is 29.9 Å². The van der Waals surface area contributed by atoms with Gasteiger partial charge in [0.15, 0.2) is 11.5 Å². The van der Waals surface area contributed by atoms with Crippen molar-refractivity contribution in [1.29, 1.82) is 0 Å². The average Bonchev–Trinajstić information content (AvgIpc) is 3.48. The van der Waals surface area contributed by atoms with Crippen LogP contribution >= 0.6 is 0 Å². The molecule has 0 bridgehead atoms. The monoisotopic (exact) mass is 512 g/mol. The second kappa shape index (κ2) is 12.2. The van der Waals surface area contributed by atoms with Gasteiger partial charge in [0.1, 0.15) is 17.3 Å². The van der Waals surface area contributed by atoms with Crippen LogP contribution in [-0.4, -0.2) is 35.8 Å². The summed E-state index contributed by atoms with van der Waals surface area (Å²) in [4.78, 5) is 26.4. The summed E-state index contributed by atoms with van der Waals surface area (Å²) in [5.74, 6) is 1.16. The lowest BCUT2D eigenvalue weighted by molar-refractivity contribution is -0.386. The quantitative estimate of drug-likeness (QED) is 0.130. The van der Waals surface area contributed by atoms with E-state index in [4.69, 9.17) is 18.6 Å². The van der Waals surface area contributed by atoms with E-state index in [1.807, 2.05) is 6.07 Å². The Balaban J connectivity index is 1.58. The third-order valence-corrected chi connectivity index (χ3v) is 6.85. The number of rotatable bonds is 13. The van der Waals surface area contributed by atoms with Crippen LogP contribution in [0.2, 0.25) is 0 Å². The molecule has 1 aromatic heterocycles. The Kier molecular flexibility index (Phi) is 8.74. The van der Waals surface area contributed by atoms with E-state index in [0.717, 1.165) is 56.8 Å². The molecule has 9 nitrogen and oxygen atoms in total. The van der Waals surface area contributed by atoms with Gasteiger partial charge in [-0.15, -0.1) is 0 Å². The van der Waals surface area contributed by atoms with Crippen LogP contribution in [0.1, 0.15) is 83.8 Å². The fourth-order valence-corrected chi connectivity index (χ4v) is 4.74. The van der Waals surface area contributed by atoms with Gasteiger partial charge in [0.05, 0.1) is 16.6 Å². The zero-order valence-corrected chi connectivity index (χ0v) is 21.9. The second-order valence-electron chi connectivity index (χ2n) is 9.60. The highest BCUT2D eigenvalue weighted by molar-refractivity contribution is 6.07. The Hall–Kier alpha value is -3.49. The number of nitro benzene ring substituents is 1. The molecule has 0 saturated heterocycles. The predicted molar refractivity (Wildman–Crippen MR) is 141 cm³/mol. The number of nitrogens with zero attached hydrogens (tertiary/aromatic N) is 2. The molecule has 2 aromatic carbocycles. The van der Waals surface area contributed by atoms with Crippen molar-refractivity contribution in [2.45, 2.75) is 78.2 Å². The van der Waals surface area contributed by atoms with Crippen molar-refractivity contribution in [3.63, 3.8) is 0 Å². The highest BCUT2D eigenvalue weighted by Crippen LogP contribution is 2.42. The van der Waals surface area contributed by atoms with Crippen molar-refractivity contribution in [2.75, 3.05) is 19.9 Å². The summed E-state index contributed by atoms with van der Waals surface area (Å²) in [6.45, 7) is 7.36. The molecule has 2 heterocycles. The topological polar surface area (TPSA) is 104 Å². The summed E-state index contributed by atoms with van der Waals surface area (Å²) in [5, 5.41) is 13.4. The molecule has 0 N–H and O–H groups in total. The zero-order chi connectivity index (χ0) is 26.4. The molecule has 1 atom stereocenters. The molecular formula is C28H36N2O7. The first-order valence-electron chi connectivity index (χ1n) is 13.3. The number of amides is 1. The molecule has 1 amide bonds. The van der Waals surface area contributed by atoms with Gasteiger partial charge >= 0.3 is 6.09 Å². The number of carbonyl (C=O) groups is 1. The highest BCUT2D eigenvalue weighted by Gasteiger charge is 2.27. The first-order chi connectivity index (χ1) is 17.9. The van der Waals surface area contributed by atoms with Crippen LogP contribution in [0.5, 0.6) is 11.5 Å². The van der Waals surface area contributed by atoms with Gasteiger partial charge in [-0.2, -0.15) is 0 Å². The molecule has 0 fully saturated rings. The van der Waals surface area contributed by atoms with E-state index in [2.05, 4.69) is 13.8 Å². The smallest absolute Gasteiger partial charge is 0.410 e. The first kappa shape index (κ1) is 26.6. The van der Waals surface area contributed by atoms with Crippen molar-refractivity contribution in [1.82, 2.24) is 4.90 Å². The third-order valence-electron chi connectivity index (χ3n) is 6.85. The largest absolute Gasteiger partial charge is 0.456 e. The minimum absolute atomic E-state index is 0.136. The lowest BCUT2D eigenvalue weighted by Crippen LogP contribution is -2.34. The van der Waals surface area contributed by atoms with Crippen molar-refractivity contribution >= 4 is 33.7 Å². The normalized spacial score (nSPS) is 13.3. The van der Waals surface area contributed by atoms with Crippen LogP contribution < -0.4 is 9.47 Å². The van der Waals surface area contributed by atoms with Crippen molar-refractivity contribution in [2.24, 2.45) is 0 Å².